The second-order valence-electron chi connectivity index (χ2n) is 8.65. The van der Waals surface area contributed by atoms with Crippen LogP contribution in [0.4, 0.5) is 5.69 Å². The predicted molar refractivity (Wildman–Crippen MR) is 122 cm³/mol. The number of benzene rings is 1. The number of rotatable bonds is 5. The van der Waals surface area contributed by atoms with Crippen molar-refractivity contribution in [3.05, 3.63) is 46.8 Å². The Kier molecular flexibility index (Phi) is 5.91. The van der Waals surface area contributed by atoms with Gasteiger partial charge in [-0.2, -0.15) is 9.40 Å². The SMILES string of the molecule is Cc1cccc(CS(=O)(=O)N2CCN(c3c(C)nn(C4CCS(=O)(=O)C4)c3C)CC2)c1. The Labute approximate surface area is 184 Å². The van der Waals surface area contributed by atoms with E-state index >= 15 is 0 Å². The van der Waals surface area contributed by atoms with Gasteiger partial charge in [0.1, 0.15) is 0 Å². The average Bonchev–Trinajstić information content (AvgIpc) is 3.19. The van der Waals surface area contributed by atoms with Gasteiger partial charge in [0.25, 0.3) is 0 Å². The highest BCUT2D eigenvalue weighted by atomic mass is 32.2. The first-order chi connectivity index (χ1) is 14.6. The monoisotopic (exact) mass is 466 g/mol. The highest BCUT2D eigenvalue weighted by Crippen LogP contribution is 2.32. The van der Waals surface area contributed by atoms with E-state index in [0.29, 0.717) is 32.6 Å². The molecule has 1 aromatic carbocycles. The molecule has 31 heavy (non-hydrogen) atoms. The number of sulfonamides is 1. The molecule has 2 fully saturated rings. The Morgan fingerprint density at radius 3 is 2.42 bits per heavy atom. The normalized spacial score (nSPS) is 22.2. The lowest BCUT2D eigenvalue weighted by molar-refractivity contribution is 0.384. The zero-order valence-corrected chi connectivity index (χ0v) is 19.9. The van der Waals surface area contributed by atoms with Crippen molar-refractivity contribution in [1.29, 1.82) is 0 Å². The van der Waals surface area contributed by atoms with E-state index in [0.717, 1.165) is 28.2 Å². The fourth-order valence-electron chi connectivity index (χ4n) is 4.73. The lowest BCUT2D eigenvalue weighted by atomic mass is 10.2. The summed E-state index contributed by atoms with van der Waals surface area (Å²) in [6.45, 7) is 7.89. The van der Waals surface area contributed by atoms with Crippen LogP contribution in [0.3, 0.4) is 0 Å². The molecule has 0 N–H and O–H groups in total. The molecule has 0 amide bonds. The van der Waals surface area contributed by atoms with Crippen molar-refractivity contribution >= 4 is 25.5 Å². The largest absolute Gasteiger partial charge is 0.366 e. The summed E-state index contributed by atoms with van der Waals surface area (Å²) in [4.78, 5) is 2.18. The molecular formula is C21H30N4O4S2. The number of sulfone groups is 1. The van der Waals surface area contributed by atoms with Crippen molar-refractivity contribution in [3.8, 4) is 0 Å². The molecule has 0 saturated carbocycles. The van der Waals surface area contributed by atoms with Gasteiger partial charge >= 0.3 is 0 Å². The molecule has 8 nitrogen and oxygen atoms in total. The minimum absolute atomic E-state index is 0.0147. The Hall–Kier alpha value is -1.91. The Bertz CT molecular complexity index is 1180. The summed E-state index contributed by atoms with van der Waals surface area (Å²) in [5.74, 6) is 0.364. The van der Waals surface area contributed by atoms with Gasteiger partial charge in [-0.25, -0.2) is 16.8 Å². The standard InChI is InChI=1S/C21H30N4O4S2/c1-16-5-4-6-19(13-16)14-31(28,29)24-10-8-23(9-11-24)21-17(2)22-25(18(21)3)20-7-12-30(26,27)15-20/h4-6,13,20H,7-12,14-15H2,1-3H3. The molecule has 0 spiro atoms. The van der Waals surface area contributed by atoms with Gasteiger partial charge in [-0.3, -0.25) is 4.68 Å². The van der Waals surface area contributed by atoms with Gasteiger partial charge < -0.3 is 4.90 Å². The number of anilines is 1. The van der Waals surface area contributed by atoms with Gasteiger partial charge in [0.15, 0.2) is 9.84 Å². The van der Waals surface area contributed by atoms with E-state index in [4.69, 9.17) is 0 Å². The molecule has 3 heterocycles. The minimum Gasteiger partial charge on any atom is -0.366 e. The Morgan fingerprint density at radius 1 is 1.10 bits per heavy atom. The van der Waals surface area contributed by atoms with Crippen LogP contribution in [0.5, 0.6) is 0 Å². The third-order valence-electron chi connectivity index (χ3n) is 6.22. The molecule has 4 rings (SSSR count). The summed E-state index contributed by atoms with van der Waals surface area (Å²) in [7, 11) is -6.37. The fraction of sp³-hybridized carbons (Fsp3) is 0.571. The molecule has 1 aromatic heterocycles. The third-order valence-corrected chi connectivity index (χ3v) is 9.82. The predicted octanol–water partition coefficient (Wildman–Crippen LogP) is 1.82. The van der Waals surface area contributed by atoms with Crippen LogP contribution in [0.2, 0.25) is 0 Å². The molecule has 1 atom stereocenters. The fourth-order valence-corrected chi connectivity index (χ4v) is 7.92. The Morgan fingerprint density at radius 2 is 1.81 bits per heavy atom. The maximum Gasteiger partial charge on any atom is 0.218 e. The molecule has 170 valence electrons. The molecule has 2 aliphatic rings. The maximum atomic E-state index is 12.9. The van der Waals surface area contributed by atoms with Crippen LogP contribution in [-0.4, -0.2) is 68.6 Å². The third kappa shape index (κ3) is 4.65. The molecule has 0 radical (unpaired) electrons. The average molecular weight is 467 g/mol. The second-order valence-corrected chi connectivity index (χ2v) is 12.8. The van der Waals surface area contributed by atoms with Crippen LogP contribution in [0, 0.1) is 20.8 Å². The van der Waals surface area contributed by atoms with Crippen molar-refractivity contribution in [2.75, 3.05) is 42.6 Å². The summed E-state index contributed by atoms with van der Waals surface area (Å²) in [6.07, 6.45) is 0.592. The minimum atomic E-state index is -3.38. The second kappa shape index (κ2) is 8.22. The van der Waals surface area contributed by atoms with Crippen LogP contribution in [0.25, 0.3) is 0 Å². The first-order valence-electron chi connectivity index (χ1n) is 10.6. The van der Waals surface area contributed by atoms with E-state index in [2.05, 4.69) is 10.00 Å². The van der Waals surface area contributed by atoms with Crippen LogP contribution in [0.15, 0.2) is 24.3 Å². The number of hydrogen-bond acceptors (Lipinski definition) is 6. The van der Waals surface area contributed by atoms with Crippen LogP contribution < -0.4 is 4.90 Å². The van der Waals surface area contributed by atoms with Gasteiger partial charge in [0, 0.05) is 26.2 Å². The molecule has 2 saturated heterocycles. The van der Waals surface area contributed by atoms with Gasteiger partial charge in [0.2, 0.25) is 10.0 Å². The van der Waals surface area contributed by atoms with Crippen LogP contribution in [-0.2, 0) is 25.6 Å². The summed E-state index contributed by atoms with van der Waals surface area (Å²) < 4.78 is 53.0. The molecule has 0 aliphatic carbocycles. The van der Waals surface area contributed by atoms with Crippen molar-refractivity contribution in [2.24, 2.45) is 0 Å². The van der Waals surface area contributed by atoms with Crippen molar-refractivity contribution in [1.82, 2.24) is 14.1 Å². The van der Waals surface area contributed by atoms with E-state index in [1.165, 1.54) is 0 Å². The van der Waals surface area contributed by atoms with E-state index in [-0.39, 0.29) is 23.3 Å². The molecular weight excluding hydrogens is 436 g/mol. The lowest BCUT2D eigenvalue weighted by Gasteiger charge is -2.35. The molecule has 10 heteroatoms. The summed E-state index contributed by atoms with van der Waals surface area (Å²) in [5.41, 5.74) is 4.67. The number of piperazine rings is 1. The van der Waals surface area contributed by atoms with Gasteiger partial charge in [0.05, 0.1) is 40.4 Å². The Balaban J connectivity index is 1.45. The first-order valence-corrected chi connectivity index (χ1v) is 14.0. The van der Waals surface area contributed by atoms with Crippen LogP contribution >= 0.6 is 0 Å². The quantitative estimate of drug-likeness (QED) is 0.667. The van der Waals surface area contributed by atoms with Crippen LogP contribution in [0.1, 0.15) is 35.0 Å². The van der Waals surface area contributed by atoms with Crippen molar-refractivity contribution in [2.45, 2.75) is 39.0 Å². The highest BCUT2D eigenvalue weighted by Gasteiger charge is 2.33. The van der Waals surface area contributed by atoms with Gasteiger partial charge in [-0.05, 0) is 32.8 Å². The summed E-state index contributed by atoms with van der Waals surface area (Å²) >= 11 is 0. The highest BCUT2D eigenvalue weighted by molar-refractivity contribution is 7.91. The lowest BCUT2D eigenvalue weighted by Crippen LogP contribution is -2.49. The summed E-state index contributed by atoms with van der Waals surface area (Å²) in [5, 5.41) is 4.64. The first kappa shape index (κ1) is 22.3. The number of aromatic nitrogens is 2. The van der Waals surface area contributed by atoms with Gasteiger partial charge in [-0.15, -0.1) is 0 Å². The zero-order valence-electron chi connectivity index (χ0n) is 18.3. The van der Waals surface area contributed by atoms with E-state index in [1.807, 2.05) is 49.7 Å². The molecule has 0 bridgehead atoms. The maximum absolute atomic E-state index is 12.9. The summed E-state index contributed by atoms with van der Waals surface area (Å²) in [6, 6.07) is 7.49. The van der Waals surface area contributed by atoms with Crippen molar-refractivity contribution in [3.63, 3.8) is 0 Å². The number of hydrogen-bond donors (Lipinski definition) is 0. The smallest absolute Gasteiger partial charge is 0.218 e. The molecule has 2 aliphatic heterocycles. The number of nitrogens with zero attached hydrogens (tertiary/aromatic N) is 4. The topological polar surface area (TPSA) is 92.6 Å². The number of aryl methyl sites for hydroxylation is 2. The van der Waals surface area contributed by atoms with Crippen molar-refractivity contribution < 1.29 is 16.8 Å². The molecule has 1 unspecified atom stereocenters. The van der Waals surface area contributed by atoms with Gasteiger partial charge in [-0.1, -0.05) is 29.8 Å². The van der Waals surface area contributed by atoms with E-state index in [1.54, 1.807) is 4.31 Å². The zero-order chi connectivity index (χ0) is 22.4. The molecule has 2 aromatic rings. The van der Waals surface area contributed by atoms with E-state index in [9.17, 15) is 16.8 Å². The van der Waals surface area contributed by atoms with E-state index < -0.39 is 19.9 Å².